The lowest BCUT2D eigenvalue weighted by molar-refractivity contribution is 1.07. The fourth-order valence-corrected chi connectivity index (χ4v) is 12.9. The number of benzene rings is 11. The summed E-state index contributed by atoms with van der Waals surface area (Å²) < 4.78 is 4.36. The van der Waals surface area contributed by atoms with Gasteiger partial charge in [0.2, 0.25) is 0 Å². The van der Waals surface area contributed by atoms with E-state index < -0.39 is 0 Å². The van der Waals surface area contributed by atoms with Gasteiger partial charge in [0.05, 0.1) is 133 Å². The first-order valence-electron chi connectivity index (χ1n) is 30.1. The Balaban J connectivity index is 1.03. The van der Waals surface area contributed by atoms with Crippen molar-refractivity contribution in [2.45, 2.75) is 0 Å². The number of hydrogen-bond acceptors (Lipinski definition) is 12. The Kier molecular flexibility index (Phi) is 14.3. The molecule has 0 aliphatic carbocycles. The van der Waals surface area contributed by atoms with Crippen molar-refractivity contribution < 1.29 is 0 Å². The molecular formula is C82H40N14. The Morgan fingerprint density at radius 2 is 0.562 bits per heavy atom. The molecule has 0 radical (unpaired) electrons. The van der Waals surface area contributed by atoms with E-state index in [9.17, 15) is 42.1 Å². The Labute approximate surface area is 549 Å². The summed E-state index contributed by atoms with van der Waals surface area (Å²) in [6, 6.07) is 89.9. The molecule has 0 bridgehead atoms. The number of hydrogen-bond donors (Lipinski definition) is 0. The van der Waals surface area contributed by atoms with Crippen LogP contribution < -0.4 is 0 Å². The van der Waals surface area contributed by atoms with Crippen molar-refractivity contribution in [3.63, 3.8) is 0 Å². The molecule has 438 valence electrons. The van der Waals surface area contributed by atoms with Gasteiger partial charge in [0.15, 0.2) is 17.5 Å². The maximum absolute atomic E-state index is 10.5. The zero-order valence-corrected chi connectivity index (χ0v) is 50.4. The molecule has 11 aromatic carbocycles. The van der Waals surface area contributed by atoms with Crippen LogP contribution in [-0.4, -0.2) is 29.1 Å². The van der Waals surface area contributed by atoms with Gasteiger partial charge in [-0.15, -0.1) is 0 Å². The second-order valence-corrected chi connectivity index (χ2v) is 22.7. The molecule has 15 rings (SSSR count). The predicted octanol–water partition coefficient (Wildman–Crippen LogP) is 17.8. The van der Waals surface area contributed by atoms with E-state index in [1.807, 2.05) is 152 Å². The van der Waals surface area contributed by atoms with E-state index >= 15 is 0 Å². The van der Waals surface area contributed by atoms with Gasteiger partial charge in [-0.25, -0.2) is 15.0 Å². The molecular weight excluding hydrogens is 1180 g/mol. The number of fused-ring (bicyclic) bond motifs is 6. The average Bonchev–Trinajstić information content (AvgIpc) is 1.56. The maximum atomic E-state index is 10.5. The number of nitriles is 8. The van der Waals surface area contributed by atoms with Crippen LogP contribution in [0, 0.1) is 90.6 Å². The summed E-state index contributed by atoms with van der Waals surface area (Å²) in [5.74, 6) is 1.35. The minimum absolute atomic E-state index is 0.330. The molecule has 4 heterocycles. The molecule has 14 heteroatoms. The molecule has 0 spiro atoms. The molecule has 0 atom stereocenters. The van der Waals surface area contributed by atoms with E-state index in [2.05, 4.69) is 69.8 Å². The molecule has 0 saturated heterocycles. The highest BCUT2D eigenvalue weighted by Gasteiger charge is 2.25. The molecule has 0 aliphatic rings. The standard InChI is InChI=1S/C82H40N14/c83-40-49-11-20-64(60(31-49)44-87)55-16-25-74-70(35-55)71-36-56(65-21-12-50(41-84)32-61(65)45-88)17-26-75(71)95(74)78-39-59(82-93-80(53-7-3-1-4-8-53)92-81(94-82)54-9-5-2-6-10-54)15-24-68(78)69-29-30-91-48-79(69)96-76-27-18-57(66-22-13-51(42-85)33-62(66)46-89)37-72(76)73-38-58(19-28-77(73)96)67-23-14-52(43-86)34-63(67)47-90/h1-39,48H. The largest absolute Gasteiger partial charge is 0.309 e. The first-order valence-corrected chi connectivity index (χ1v) is 30.1. The third-order valence-electron chi connectivity index (χ3n) is 17.4. The van der Waals surface area contributed by atoms with Gasteiger partial charge in [-0.2, -0.15) is 42.1 Å². The molecule has 0 amide bonds. The Bertz CT molecular complexity index is 5880. The summed E-state index contributed by atoms with van der Waals surface area (Å²) >= 11 is 0. The van der Waals surface area contributed by atoms with Crippen molar-refractivity contribution >= 4 is 43.6 Å². The average molecular weight is 1220 g/mol. The van der Waals surface area contributed by atoms with Gasteiger partial charge in [-0.1, -0.05) is 121 Å². The summed E-state index contributed by atoms with van der Waals surface area (Å²) in [4.78, 5) is 20.3. The van der Waals surface area contributed by atoms with Crippen molar-refractivity contribution in [2.75, 3.05) is 0 Å². The topological polar surface area (TPSA) is 252 Å². The summed E-state index contributed by atoms with van der Waals surface area (Å²) in [6.45, 7) is 0. The highest BCUT2D eigenvalue weighted by molar-refractivity contribution is 6.14. The molecule has 4 aromatic heterocycles. The summed E-state index contributed by atoms with van der Waals surface area (Å²) in [5, 5.41) is 84.6. The highest BCUT2D eigenvalue weighted by Crippen LogP contribution is 2.46. The second-order valence-electron chi connectivity index (χ2n) is 22.7. The van der Waals surface area contributed by atoms with Gasteiger partial charge in [0.25, 0.3) is 0 Å². The van der Waals surface area contributed by atoms with Crippen molar-refractivity contribution in [2.24, 2.45) is 0 Å². The molecule has 0 unspecified atom stereocenters. The number of rotatable bonds is 10. The first kappa shape index (κ1) is 57.5. The lowest BCUT2D eigenvalue weighted by Gasteiger charge is -2.19. The smallest absolute Gasteiger partial charge is 0.164 e. The number of pyridine rings is 1. The Morgan fingerprint density at radius 3 is 0.906 bits per heavy atom. The number of aromatic nitrogens is 6. The lowest BCUT2D eigenvalue weighted by atomic mass is 9.95. The van der Waals surface area contributed by atoms with Crippen molar-refractivity contribution in [1.29, 1.82) is 42.1 Å². The van der Waals surface area contributed by atoms with Gasteiger partial charge in [0, 0.05) is 55.6 Å². The van der Waals surface area contributed by atoms with Crippen molar-refractivity contribution in [3.05, 3.63) is 287 Å². The normalized spacial score (nSPS) is 10.8. The molecule has 96 heavy (non-hydrogen) atoms. The second kappa shape index (κ2) is 23.8. The fraction of sp³-hybridized carbons (Fsp3) is 0. The SMILES string of the molecule is N#Cc1ccc(-c2ccc3c(c2)c2cc(-c4ccc(C#N)cc4C#N)ccc2n3-c2cnccc2-c2ccc(-c3nc(-c4ccccc4)nc(-c4ccccc4)n3)cc2-n2c3ccc(-c4ccc(C#N)cc4C#N)cc3c3cc(-c4ccc(C#N)cc4C#N)ccc32)c(C#N)c1. The van der Waals surface area contributed by atoms with E-state index in [-0.39, 0.29) is 0 Å². The van der Waals surface area contributed by atoms with Gasteiger partial charge in [0.1, 0.15) is 0 Å². The van der Waals surface area contributed by atoms with Crippen LogP contribution in [0.2, 0.25) is 0 Å². The van der Waals surface area contributed by atoms with E-state index in [0.29, 0.717) is 101 Å². The van der Waals surface area contributed by atoms with Crippen LogP contribution in [0.4, 0.5) is 0 Å². The molecule has 0 aliphatic heterocycles. The maximum Gasteiger partial charge on any atom is 0.164 e. The zero-order valence-electron chi connectivity index (χ0n) is 50.4. The Hall–Kier alpha value is -14.9. The van der Waals surface area contributed by atoms with E-state index in [0.717, 1.165) is 88.1 Å². The molecule has 0 saturated carbocycles. The quantitative estimate of drug-likeness (QED) is 0.124. The van der Waals surface area contributed by atoms with Crippen molar-refractivity contribution in [1.82, 2.24) is 29.1 Å². The van der Waals surface area contributed by atoms with Crippen LogP contribution in [0.3, 0.4) is 0 Å². The number of nitrogens with zero attached hydrogens (tertiary/aromatic N) is 14. The van der Waals surface area contributed by atoms with E-state index in [1.165, 1.54) is 0 Å². The fourth-order valence-electron chi connectivity index (χ4n) is 12.9. The van der Waals surface area contributed by atoms with Crippen LogP contribution in [0.25, 0.3) is 145 Å². The lowest BCUT2D eigenvalue weighted by Crippen LogP contribution is -2.04. The zero-order chi connectivity index (χ0) is 65.6. The minimum atomic E-state index is 0.330. The summed E-state index contributed by atoms with van der Waals surface area (Å²) in [6.07, 6.45) is 3.59. The van der Waals surface area contributed by atoms with Gasteiger partial charge >= 0.3 is 0 Å². The van der Waals surface area contributed by atoms with E-state index in [1.54, 1.807) is 79.0 Å². The van der Waals surface area contributed by atoms with Crippen molar-refractivity contribution in [3.8, 4) is 150 Å². The van der Waals surface area contributed by atoms with Gasteiger partial charge in [-0.05, 0) is 154 Å². The van der Waals surface area contributed by atoms with E-state index in [4.69, 9.17) is 19.9 Å². The predicted molar refractivity (Wildman–Crippen MR) is 368 cm³/mol. The molecule has 14 nitrogen and oxygen atoms in total. The third kappa shape index (κ3) is 9.87. The highest BCUT2D eigenvalue weighted by atomic mass is 15.0. The van der Waals surface area contributed by atoms with Crippen LogP contribution in [0.5, 0.6) is 0 Å². The molecule has 15 aromatic rings. The monoisotopic (exact) mass is 1220 g/mol. The first-order chi connectivity index (χ1) is 47.2. The van der Waals surface area contributed by atoms with Gasteiger partial charge in [-0.3, -0.25) is 4.98 Å². The van der Waals surface area contributed by atoms with Crippen LogP contribution in [0.15, 0.2) is 243 Å². The Morgan fingerprint density at radius 1 is 0.250 bits per heavy atom. The van der Waals surface area contributed by atoms with Gasteiger partial charge < -0.3 is 9.13 Å². The summed E-state index contributed by atoms with van der Waals surface area (Å²) in [7, 11) is 0. The third-order valence-corrected chi connectivity index (χ3v) is 17.4. The van der Waals surface area contributed by atoms with Crippen LogP contribution in [-0.2, 0) is 0 Å². The minimum Gasteiger partial charge on any atom is -0.309 e. The summed E-state index contributed by atoms with van der Waals surface area (Å²) in [5.41, 5.74) is 16.5. The van der Waals surface area contributed by atoms with Crippen LogP contribution in [0.1, 0.15) is 44.5 Å². The van der Waals surface area contributed by atoms with Crippen LogP contribution >= 0.6 is 0 Å². The molecule has 0 fully saturated rings. The molecule has 0 N–H and O–H groups in total.